The number of rotatable bonds is 5. The molecule has 142 valence electrons. The normalized spacial score (nSPS) is 21.7. The van der Waals surface area contributed by atoms with Crippen LogP contribution in [0.25, 0.3) is 17.3 Å². The van der Waals surface area contributed by atoms with E-state index in [1.807, 2.05) is 68.8 Å². The average molecular weight is 368 g/mol. The van der Waals surface area contributed by atoms with Gasteiger partial charge in [-0.15, -0.1) is 0 Å². The van der Waals surface area contributed by atoms with Gasteiger partial charge in [-0.25, -0.2) is 4.39 Å². The molecule has 6 heteroatoms. The molecule has 0 unspecified atom stereocenters. The third-order valence-electron chi connectivity index (χ3n) is 5.77. The van der Waals surface area contributed by atoms with Crippen molar-refractivity contribution in [3.05, 3.63) is 47.8 Å². The summed E-state index contributed by atoms with van der Waals surface area (Å²) in [6, 6.07) is 11.9. The molecule has 1 aliphatic carbocycles. The molecule has 2 heterocycles. The fourth-order valence-corrected chi connectivity index (χ4v) is 3.15. The van der Waals surface area contributed by atoms with Gasteiger partial charge in [0.2, 0.25) is 0 Å². The van der Waals surface area contributed by atoms with Crippen molar-refractivity contribution in [3.63, 3.8) is 0 Å². The van der Waals surface area contributed by atoms with Gasteiger partial charge in [0, 0.05) is 12.1 Å². The van der Waals surface area contributed by atoms with E-state index in [9.17, 15) is 4.39 Å². The van der Waals surface area contributed by atoms with Crippen LogP contribution >= 0.6 is 0 Å². The third kappa shape index (κ3) is 3.73. The highest BCUT2D eigenvalue weighted by Gasteiger charge is 2.53. The highest BCUT2D eigenvalue weighted by atomic mass is 19.1. The van der Waals surface area contributed by atoms with Gasteiger partial charge < -0.3 is 9.31 Å². The fourth-order valence-electron chi connectivity index (χ4n) is 3.15. The molecule has 0 N–H and O–H groups in total. The molecule has 27 heavy (non-hydrogen) atoms. The van der Waals surface area contributed by atoms with Gasteiger partial charge in [-0.1, -0.05) is 30.3 Å². The van der Waals surface area contributed by atoms with Crippen LogP contribution in [0, 0.1) is 5.92 Å². The van der Waals surface area contributed by atoms with Crippen molar-refractivity contribution >= 4 is 13.2 Å². The van der Waals surface area contributed by atoms with Gasteiger partial charge in [-0.3, -0.25) is 4.68 Å². The Balaban J connectivity index is 1.64. The standard InChI is InChI=1S/C21H26BFN2O2/c1-20(2)21(3,4)27-22(26-20)19(23)13-17-12-18(16-8-6-5-7-9-16)24-25(17)14-15-10-11-15/h5-9,12-13,15H,10-11,14H2,1-4H3. The summed E-state index contributed by atoms with van der Waals surface area (Å²) in [6.45, 7) is 8.50. The van der Waals surface area contributed by atoms with Crippen LogP contribution in [-0.2, 0) is 15.9 Å². The van der Waals surface area contributed by atoms with Crippen LogP contribution in [0.1, 0.15) is 46.2 Å². The summed E-state index contributed by atoms with van der Waals surface area (Å²) in [6.07, 6.45) is 3.93. The molecule has 0 bridgehead atoms. The Morgan fingerprint density at radius 2 is 1.81 bits per heavy atom. The van der Waals surface area contributed by atoms with Crippen molar-refractivity contribution in [1.29, 1.82) is 0 Å². The fraction of sp³-hybridized carbons (Fsp3) is 0.476. The molecule has 1 aromatic heterocycles. The summed E-state index contributed by atoms with van der Waals surface area (Å²) < 4.78 is 28.6. The van der Waals surface area contributed by atoms with E-state index in [0.29, 0.717) is 5.92 Å². The van der Waals surface area contributed by atoms with Gasteiger partial charge >= 0.3 is 7.12 Å². The lowest BCUT2D eigenvalue weighted by Gasteiger charge is -2.32. The Labute approximate surface area is 160 Å². The third-order valence-corrected chi connectivity index (χ3v) is 5.77. The molecular weight excluding hydrogens is 342 g/mol. The van der Waals surface area contributed by atoms with Crippen LogP contribution in [0.5, 0.6) is 0 Å². The zero-order valence-corrected chi connectivity index (χ0v) is 16.4. The summed E-state index contributed by atoms with van der Waals surface area (Å²) in [5, 5.41) is 4.72. The molecule has 2 aliphatic rings. The number of hydrogen-bond donors (Lipinski definition) is 0. The minimum absolute atomic E-state index is 0.426. The van der Waals surface area contributed by atoms with Gasteiger partial charge in [0.1, 0.15) is 5.73 Å². The first-order valence-corrected chi connectivity index (χ1v) is 9.61. The summed E-state index contributed by atoms with van der Waals surface area (Å²) in [7, 11) is -0.987. The second-order valence-electron chi connectivity index (χ2n) is 8.56. The molecule has 4 nitrogen and oxygen atoms in total. The number of nitrogens with zero attached hydrogens (tertiary/aromatic N) is 2. The summed E-state index contributed by atoms with van der Waals surface area (Å²) in [4.78, 5) is 0. The Kier molecular flexibility index (Phi) is 4.51. The largest absolute Gasteiger partial charge is 0.525 e. The van der Waals surface area contributed by atoms with E-state index < -0.39 is 24.0 Å². The Morgan fingerprint density at radius 3 is 2.41 bits per heavy atom. The molecule has 0 atom stereocenters. The van der Waals surface area contributed by atoms with E-state index in [2.05, 4.69) is 0 Å². The lowest BCUT2D eigenvalue weighted by atomic mass is 9.87. The van der Waals surface area contributed by atoms with Crippen LogP contribution in [0.2, 0.25) is 0 Å². The number of benzene rings is 1. The second kappa shape index (κ2) is 6.60. The van der Waals surface area contributed by atoms with Gasteiger partial charge in [0.05, 0.1) is 22.6 Å². The van der Waals surface area contributed by atoms with E-state index in [1.165, 1.54) is 18.9 Å². The maximum atomic E-state index is 15.0. The first-order chi connectivity index (χ1) is 12.7. The minimum Gasteiger partial charge on any atom is -0.398 e. The quantitative estimate of drug-likeness (QED) is 0.705. The Hall–Kier alpha value is -1.92. The molecule has 1 saturated carbocycles. The first kappa shape index (κ1) is 18.4. The van der Waals surface area contributed by atoms with E-state index in [1.54, 1.807) is 0 Å². The van der Waals surface area contributed by atoms with E-state index in [-0.39, 0.29) is 0 Å². The summed E-state index contributed by atoms with van der Waals surface area (Å²) in [5.74, 6) is 0.639. The minimum atomic E-state index is -0.987. The smallest absolute Gasteiger partial charge is 0.398 e. The maximum Gasteiger partial charge on any atom is 0.525 e. The number of aromatic nitrogens is 2. The van der Waals surface area contributed by atoms with Crippen LogP contribution < -0.4 is 0 Å². The predicted octanol–water partition coefficient (Wildman–Crippen LogP) is 4.90. The van der Waals surface area contributed by atoms with Crippen LogP contribution in [0.3, 0.4) is 0 Å². The SMILES string of the molecule is CC1(C)OB(C(F)=Cc2cc(-c3ccccc3)nn2CC2CC2)OC1(C)C. The molecule has 0 spiro atoms. The molecule has 4 rings (SSSR count). The van der Waals surface area contributed by atoms with E-state index >= 15 is 0 Å². The van der Waals surface area contributed by atoms with Gasteiger partial charge in [-0.2, -0.15) is 5.10 Å². The second-order valence-corrected chi connectivity index (χ2v) is 8.56. The van der Waals surface area contributed by atoms with Crippen molar-refractivity contribution in [2.75, 3.05) is 0 Å². The van der Waals surface area contributed by atoms with Crippen molar-refractivity contribution < 1.29 is 13.7 Å². The maximum absolute atomic E-state index is 15.0. The Morgan fingerprint density at radius 1 is 1.19 bits per heavy atom. The molecule has 1 aliphatic heterocycles. The van der Waals surface area contributed by atoms with E-state index in [4.69, 9.17) is 14.4 Å². The van der Waals surface area contributed by atoms with Gasteiger partial charge in [0.25, 0.3) is 0 Å². The van der Waals surface area contributed by atoms with Crippen LogP contribution in [0.15, 0.2) is 42.1 Å². The molecule has 0 radical (unpaired) electrons. The monoisotopic (exact) mass is 368 g/mol. The van der Waals surface area contributed by atoms with Crippen LogP contribution in [0.4, 0.5) is 4.39 Å². The topological polar surface area (TPSA) is 36.3 Å². The van der Waals surface area contributed by atoms with E-state index in [0.717, 1.165) is 23.5 Å². The number of hydrogen-bond acceptors (Lipinski definition) is 3. The number of halogens is 1. The van der Waals surface area contributed by atoms with Crippen molar-refractivity contribution in [1.82, 2.24) is 9.78 Å². The molecule has 2 aromatic rings. The molecule has 2 fully saturated rings. The van der Waals surface area contributed by atoms with Crippen molar-refractivity contribution in [2.45, 2.75) is 58.3 Å². The van der Waals surface area contributed by atoms with Crippen molar-refractivity contribution in [3.8, 4) is 11.3 Å². The van der Waals surface area contributed by atoms with Crippen molar-refractivity contribution in [2.24, 2.45) is 5.92 Å². The lowest BCUT2D eigenvalue weighted by molar-refractivity contribution is 0.00578. The first-order valence-electron chi connectivity index (χ1n) is 9.61. The highest BCUT2D eigenvalue weighted by molar-refractivity contribution is 6.54. The van der Waals surface area contributed by atoms with Gasteiger partial charge in [-0.05, 0) is 58.6 Å². The van der Waals surface area contributed by atoms with Crippen LogP contribution in [-0.4, -0.2) is 28.1 Å². The zero-order chi connectivity index (χ0) is 19.2. The Bertz CT molecular complexity index is 840. The summed E-state index contributed by atoms with van der Waals surface area (Å²) in [5.41, 5.74) is 1.07. The summed E-state index contributed by atoms with van der Waals surface area (Å²) >= 11 is 0. The highest BCUT2D eigenvalue weighted by Crippen LogP contribution is 2.39. The average Bonchev–Trinajstić information content (AvgIpc) is 3.29. The van der Waals surface area contributed by atoms with Gasteiger partial charge in [0.15, 0.2) is 0 Å². The predicted molar refractivity (Wildman–Crippen MR) is 106 cm³/mol. The lowest BCUT2D eigenvalue weighted by Crippen LogP contribution is -2.41. The zero-order valence-electron chi connectivity index (χ0n) is 16.4. The molecular formula is C21H26BFN2O2. The molecule has 1 saturated heterocycles. The molecule has 1 aromatic carbocycles. The molecule has 0 amide bonds.